The van der Waals surface area contributed by atoms with Crippen LogP contribution >= 0.6 is 0 Å². The zero-order valence-electron chi connectivity index (χ0n) is 14.8. The van der Waals surface area contributed by atoms with Crippen molar-refractivity contribution in [1.82, 2.24) is 9.97 Å². The molecule has 136 valence electrons. The minimum atomic E-state index is -0.391. The van der Waals surface area contributed by atoms with Gasteiger partial charge in [-0.05, 0) is 24.3 Å². The molecule has 2 aromatic heterocycles. The molecular formula is C23H16N2O3. The molecule has 5 heteroatoms. The van der Waals surface area contributed by atoms with Crippen LogP contribution in [-0.2, 0) is 0 Å². The maximum atomic E-state index is 13.4. The zero-order chi connectivity index (χ0) is 19.5. The summed E-state index contributed by atoms with van der Waals surface area (Å²) in [7, 11) is 0. The van der Waals surface area contributed by atoms with Gasteiger partial charge in [0.1, 0.15) is 22.9 Å². The summed E-state index contributed by atoms with van der Waals surface area (Å²) in [6, 6.07) is 20.5. The largest absolute Gasteiger partial charge is 0.507 e. The van der Waals surface area contributed by atoms with Crippen LogP contribution in [0.4, 0.5) is 0 Å². The van der Waals surface area contributed by atoms with Gasteiger partial charge in [0.2, 0.25) is 5.78 Å². The Labute approximate surface area is 161 Å². The highest BCUT2D eigenvalue weighted by Crippen LogP contribution is 2.34. The Morgan fingerprint density at radius 3 is 1.39 bits per heavy atom. The van der Waals surface area contributed by atoms with Crippen molar-refractivity contribution < 1.29 is 15.0 Å². The molecule has 0 unspecified atom stereocenters. The van der Waals surface area contributed by atoms with E-state index in [1.165, 1.54) is 12.4 Å². The molecule has 0 radical (unpaired) electrons. The maximum absolute atomic E-state index is 13.4. The maximum Gasteiger partial charge on any atom is 0.230 e. The summed E-state index contributed by atoms with van der Waals surface area (Å²) >= 11 is 0. The summed E-state index contributed by atoms with van der Waals surface area (Å²) in [5.41, 5.74) is 2.41. The number of carbonyl (C=O) groups is 1. The summed E-state index contributed by atoms with van der Waals surface area (Å²) < 4.78 is 0. The molecule has 28 heavy (non-hydrogen) atoms. The number of aromatic hydroxyl groups is 2. The van der Waals surface area contributed by atoms with Crippen LogP contribution in [0.15, 0.2) is 85.2 Å². The second-order valence-electron chi connectivity index (χ2n) is 6.16. The van der Waals surface area contributed by atoms with Gasteiger partial charge in [0.05, 0.1) is 0 Å². The van der Waals surface area contributed by atoms with Crippen molar-refractivity contribution >= 4 is 5.78 Å². The first-order valence-electron chi connectivity index (χ1n) is 8.68. The van der Waals surface area contributed by atoms with Crippen molar-refractivity contribution in [2.45, 2.75) is 0 Å². The Morgan fingerprint density at radius 1 is 0.571 bits per heavy atom. The van der Waals surface area contributed by atoms with Gasteiger partial charge >= 0.3 is 0 Å². The molecule has 4 aromatic rings. The fraction of sp³-hybridized carbons (Fsp3) is 0. The number of hydrogen-bond donors (Lipinski definition) is 2. The molecule has 4 rings (SSSR count). The highest BCUT2D eigenvalue weighted by Gasteiger charge is 2.22. The molecule has 0 aliphatic heterocycles. The van der Waals surface area contributed by atoms with Crippen LogP contribution in [-0.4, -0.2) is 26.0 Å². The predicted molar refractivity (Wildman–Crippen MR) is 106 cm³/mol. The van der Waals surface area contributed by atoms with E-state index in [1.807, 2.05) is 0 Å². The van der Waals surface area contributed by atoms with Crippen LogP contribution in [0.3, 0.4) is 0 Å². The molecule has 0 aliphatic rings. The second kappa shape index (κ2) is 7.32. The molecule has 0 spiro atoms. The summed E-state index contributed by atoms with van der Waals surface area (Å²) in [6.07, 6.45) is 3.05. The number of phenols is 2. The van der Waals surface area contributed by atoms with E-state index in [0.29, 0.717) is 22.3 Å². The van der Waals surface area contributed by atoms with E-state index < -0.39 is 5.78 Å². The predicted octanol–water partition coefficient (Wildman–Crippen LogP) is 4.45. The molecule has 2 heterocycles. The summed E-state index contributed by atoms with van der Waals surface area (Å²) in [4.78, 5) is 21.9. The SMILES string of the molecule is O=C(c1ncccc1-c1ccccc1O)c1ncccc1-c1ccccc1O. The van der Waals surface area contributed by atoms with E-state index in [2.05, 4.69) is 9.97 Å². The number of rotatable bonds is 4. The zero-order valence-corrected chi connectivity index (χ0v) is 14.8. The number of benzene rings is 2. The van der Waals surface area contributed by atoms with E-state index in [-0.39, 0.29) is 22.9 Å². The van der Waals surface area contributed by atoms with Gasteiger partial charge in [-0.3, -0.25) is 14.8 Å². The van der Waals surface area contributed by atoms with Crippen molar-refractivity contribution in [3.8, 4) is 33.8 Å². The fourth-order valence-electron chi connectivity index (χ4n) is 3.12. The first-order chi connectivity index (χ1) is 13.7. The molecule has 0 atom stereocenters. The lowest BCUT2D eigenvalue weighted by atomic mass is 9.95. The Kier molecular flexibility index (Phi) is 4.56. The lowest BCUT2D eigenvalue weighted by Gasteiger charge is -2.12. The van der Waals surface area contributed by atoms with Crippen molar-refractivity contribution in [2.75, 3.05) is 0 Å². The first-order valence-corrected chi connectivity index (χ1v) is 8.68. The normalized spacial score (nSPS) is 10.6. The van der Waals surface area contributed by atoms with Crippen LogP contribution in [0.2, 0.25) is 0 Å². The topological polar surface area (TPSA) is 83.3 Å². The molecule has 0 saturated heterocycles. The number of pyridine rings is 2. The molecule has 0 bridgehead atoms. The molecule has 2 aromatic carbocycles. The number of carbonyl (C=O) groups excluding carboxylic acids is 1. The van der Waals surface area contributed by atoms with Crippen molar-refractivity contribution in [2.24, 2.45) is 0 Å². The molecule has 0 amide bonds. The minimum absolute atomic E-state index is 0.0616. The highest BCUT2D eigenvalue weighted by atomic mass is 16.3. The number of hydrogen-bond acceptors (Lipinski definition) is 5. The van der Waals surface area contributed by atoms with Crippen molar-refractivity contribution in [3.05, 3.63) is 96.6 Å². The second-order valence-corrected chi connectivity index (χ2v) is 6.16. The van der Waals surface area contributed by atoms with E-state index >= 15 is 0 Å². The number of phenolic OH excluding ortho intramolecular Hbond substituents is 2. The van der Waals surface area contributed by atoms with Crippen molar-refractivity contribution in [1.29, 1.82) is 0 Å². The van der Waals surface area contributed by atoms with E-state index in [9.17, 15) is 15.0 Å². The van der Waals surface area contributed by atoms with Crippen LogP contribution in [0.1, 0.15) is 16.2 Å². The summed E-state index contributed by atoms with van der Waals surface area (Å²) in [5, 5.41) is 20.4. The standard InChI is InChI=1S/C23H16N2O3/c26-19-11-3-1-7-15(19)17-9-5-13-24-21(17)23(28)22-18(10-6-14-25-22)16-8-2-4-12-20(16)27/h1-14,26-27H. The summed E-state index contributed by atoms with van der Waals surface area (Å²) in [5.74, 6) is -0.268. The smallest absolute Gasteiger partial charge is 0.230 e. The van der Waals surface area contributed by atoms with Crippen LogP contribution in [0.5, 0.6) is 11.5 Å². The van der Waals surface area contributed by atoms with Crippen LogP contribution < -0.4 is 0 Å². The van der Waals surface area contributed by atoms with Gasteiger partial charge in [-0.15, -0.1) is 0 Å². The molecular weight excluding hydrogens is 352 g/mol. The Morgan fingerprint density at radius 2 is 0.964 bits per heavy atom. The Hall–Kier alpha value is -3.99. The van der Waals surface area contributed by atoms with Gasteiger partial charge in [0.25, 0.3) is 0 Å². The van der Waals surface area contributed by atoms with E-state index in [4.69, 9.17) is 0 Å². The van der Waals surface area contributed by atoms with Crippen molar-refractivity contribution in [3.63, 3.8) is 0 Å². The summed E-state index contributed by atoms with van der Waals surface area (Å²) in [6.45, 7) is 0. The molecule has 0 saturated carbocycles. The first kappa shape index (κ1) is 17.4. The van der Waals surface area contributed by atoms with Gasteiger partial charge in [-0.2, -0.15) is 0 Å². The number of para-hydroxylation sites is 2. The monoisotopic (exact) mass is 368 g/mol. The van der Waals surface area contributed by atoms with Gasteiger partial charge in [-0.25, -0.2) is 0 Å². The van der Waals surface area contributed by atoms with Crippen LogP contribution in [0.25, 0.3) is 22.3 Å². The van der Waals surface area contributed by atoms with Gasteiger partial charge in [-0.1, -0.05) is 48.5 Å². The minimum Gasteiger partial charge on any atom is -0.507 e. The third-order valence-electron chi connectivity index (χ3n) is 4.43. The molecule has 5 nitrogen and oxygen atoms in total. The average Bonchev–Trinajstić information content (AvgIpc) is 2.74. The number of ketones is 1. The van der Waals surface area contributed by atoms with Gasteiger partial charge < -0.3 is 10.2 Å². The lowest BCUT2D eigenvalue weighted by Crippen LogP contribution is -2.10. The van der Waals surface area contributed by atoms with E-state index in [0.717, 1.165) is 0 Å². The Balaban J connectivity index is 1.88. The quantitative estimate of drug-likeness (QED) is 0.520. The lowest BCUT2D eigenvalue weighted by molar-refractivity contribution is 0.103. The molecule has 2 N–H and O–H groups in total. The third-order valence-corrected chi connectivity index (χ3v) is 4.43. The number of nitrogens with zero attached hydrogens (tertiary/aromatic N) is 2. The molecule has 0 fully saturated rings. The van der Waals surface area contributed by atoms with Crippen LogP contribution in [0, 0.1) is 0 Å². The number of aromatic nitrogens is 2. The molecule has 0 aliphatic carbocycles. The highest BCUT2D eigenvalue weighted by molar-refractivity contribution is 6.14. The third kappa shape index (κ3) is 3.10. The fourth-order valence-corrected chi connectivity index (χ4v) is 3.12. The van der Waals surface area contributed by atoms with E-state index in [1.54, 1.807) is 72.8 Å². The van der Waals surface area contributed by atoms with Gasteiger partial charge in [0, 0.05) is 34.6 Å². The Bertz CT molecular complexity index is 1080. The average molecular weight is 368 g/mol. The van der Waals surface area contributed by atoms with Gasteiger partial charge in [0.15, 0.2) is 0 Å².